The van der Waals surface area contributed by atoms with Gasteiger partial charge in [-0.3, -0.25) is 9.36 Å². The number of benzene rings is 1. The summed E-state index contributed by atoms with van der Waals surface area (Å²) < 4.78 is 3.64. The van der Waals surface area contributed by atoms with Gasteiger partial charge in [0.05, 0.1) is 24.9 Å². The van der Waals surface area contributed by atoms with Gasteiger partial charge in [0.1, 0.15) is 5.69 Å². The summed E-state index contributed by atoms with van der Waals surface area (Å²) in [6, 6.07) is 6.45. The molecule has 0 saturated carbocycles. The summed E-state index contributed by atoms with van der Waals surface area (Å²) >= 11 is 0. The molecule has 0 unspecified atom stereocenters. The number of aliphatic hydroxyl groups is 1. The molecule has 5 heteroatoms. The highest BCUT2D eigenvalue weighted by Gasteiger charge is 2.18. The number of aryl methyl sites for hydroxylation is 1. The summed E-state index contributed by atoms with van der Waals surface area (Å²) in [5.41, 5.74) is 4.31. The van der Waals surface area contributed by atoms with Crippen LogP contribution >= 0.6 is 0 Å². The topological polar surface area (TPSA) is 55.9 Å². The van der Waals surface area contributed by atoms with Gasteiger partial charge >= 0.3 is 0 Å². The third-order valence-electron chi connectivity index (χ3n) is 3.91. The summed E-state index contributed by atoms with van der Waals surface area (Å²) in [5, 5.41) is 19.3. The fraction of sp³-hybridized carbons (Fsp3) is 0.412. The molecular formula is C17H22N4O. The van der Waals surface area contributed by atoms with Crippen LogP contribution in [-0.4, -0.2) is 31.3 Å². The average Bonchev–Trinajstić information content (AvgIpc) is 3.02. The van der Waals surface area contributed by atoms with Crippen LogP contribution in [0.15, 0.2) is 30.6 Å². The maximum absolute atomic E-state index is 9.27. The Bertz CT molecular complexity index is 808. The fourth-order valence-corrected chi connectivity index (χ4v) is 2.67. The summed E-state index contributed by atoms with van der Waals surface area (Å²) in [6.45, 7) is 7.18. The Morgan fingerprint density at radius 3 is 2.59 bits per heavy atom. The smallest absolute Gasteiger partial charge is 0.103 e. The van der Waals surface area contributed by atoms with Crippen LogP contribution in [0.25, 0.3) is 22.2 Å². The van der Waals surface area contributed by atoms with Crippen LogP contribution in [0.2, 0.25) is 0 Å². The van der Waals surface area contributed by atoms with E-state index in [9.17, 15) is 5.11 Å². The molecule has 0 saturated heterocycles. The van der Waals surface area contributed by atoms with Crippen LogP contribution in [0.4, 0.5) is 0 Å². The van der Waals surface area contributed by atoms with Crippen molar-refractivity contribution in [1.82, 2.24) is 19.6 Å². The third kappa shape index (κ3) is 2.52. The highest BCUT2D eigenvalue weighted by atomic mass is 16.3. The SMILES string of the molecule is Cn1cc(-c2nn(CCO)c3ccc(C(C)(C)C)cc23)cn1. The van der Waals surface area contributed by atoms with Crippen molar-refractivity contribution in [2.75, 3.05) is 6.61 Å². The first-order valence-corrected chi connectivity index (χ1v) is 7.51. The Morgan fingerprint density at radius 2 is 2.00 bits per heavy atom. The number of fused-ring (bicyclic) bond motifs is 1. The first-order valence-electron chi connectivity index (χ1n) is 7.51. The standard InChI is InChI=1S/C17H22N4O/c1-17(2,3)13-5-6-15-14(9-13)16(19-21(15)7-8-22)12-10-18-20(4)11-12/h5-6,9-11,22H,7-8H2,1-4H3. The van der Waals surface area contributed by atoms with E-state index >= 15 is 0 Å². The highest BCUT2D eigenvalue weighted by molar-refractivity contribution is 5.93. The predicted molar refractivity (Wildman–Crippen MR) is 87.7 cm³/mol. The molecule has 1 N–H and O–H groups in total. The molecule has 0 spiro atoms. The molecule has 3 aromatic rings. The minimum Gasteiger partial charge on any atom is -0.394 e. The van der Waals surface area contributed by atoms with Crippen molar-refractivity contribution in [3.63, 3.8) is 0 Å². The van der Waals surface area contributed by atoms with Gasteiger partial charge in [-0.05, 0) is 23.1 Å². The van der Waals surface area contributed by atoms with Crippen LogP contribution < -0.4 is 0 Å². The van der Waals surface area contributed by atoms with Gasteiger partial charge in [0.2, 0.25) is 0 Å². The summed E-state index contributed by atoms with van der Waals surface area (Å²) in [6.07, 6.45) is 3.80. The molecule has 116 valence electrons. The van der Waals surface area contributed by atoms with Crippen molar-refractivity contribution in [3.8, 4) is 11.3 Å². The van der Waals surface area contributed by atoms with Crippen LogP contribution in [0.3, 0.4) is 0 Å². The molecule has 0 atom stereocenters. The Kier molecular flexibility index (Phi) is 3.53. The van der Waals surface area contributed by atoms with Gasteiger partial charge in [0.25, 0.3) is 0 Å². The van der Waals surface area contributed by atoms with Crippen LogP contribution in [0, 0.1) is 0 Å². The van der Waals surface area contributed by atoms with Gasteiger partial charge in [-0.1, -0.05) is 26.8 Å². The molecule has 1 aromatic carbocycles. The van der Waals surface area contributed by atoms with E-state index in [0.717, 1.165) is 22.2 Å². The summed E-state index contributed by atoms with van der Waals surface area (Å²) in [5.74, 6) is 0. The molecule has 22 heavy (non-hydrogen) atoms. The van der Waals surface area contributed by atoms with E-state index in [1.165, 1.54) is 5.56 Å². The molecule has 0 aliphatic rings. The second-order valence-corrected chi connectivity index (χ2v) is 6.68. The summed E-state index contributed by atoms with van der Waals surface area (Å²) in [7, 11) is 1.90. The third-order valence-corrected chi connectivity index (χ3v) is 3.91. The summed E-state index contributed by atoms with van der Waals surface area (Å²) in [4.78, 5) is 0. The minimum atomic E-state index is 0.0737. The van der Waals surface area contributed by atoms with Gasteiger partial charge in [0, 0.05) is 24.2 Å². The van der Waals surface area contributed by atoms with Crippen molar-refractivity contribution < 1.29 is 5.11 Å². The lowest BCUT2D eigenvalue weighted by molar-refractivity contribution is 0.272. The molecule has 2 heterocycles. The van der Waals surface area contributed by atoms with Crippen LogP contribution in [-0.2, 0) is 19.0 Å². The fourth-order valence-electron chi connectivity index (χ4n) is 2.67. The second-order valence-electron chi connectivity index (χ2n) is 6.68. The normalized spacial score (nSPS) is 12.2. The van der Waals surface area contributed by atoms with Crippen LogP contribution in [0.1, 0.15) is 26.3 Å². The molecule has 0 amide bonds. The molecule has 2 aromatic heterocycles. The van der Waals surface area contributed by atoms with E-state index in [2.05, 4.69) is 49.2 Å². The molecular weight excluding hydrogens is 276 g/mol. The Labute approximate surface area is 130 Å². The predicted octanol–water partition coefficient (Wildman–Crippen LogP) is 2.73. The van der Waals surface area contributed by atoms with Crippen molar-refractivity contribution >= 4 is 10.9 Å². The first-order chi connectivity index (χ1) is 10.4. The lowest BCUT2D eigenvalue weighted by Gasteiger charge is -2.19. The minimum absolute atomic E-state index is 0.0737. The molecule has 0 radical (unpaired) electrons. The van der Waals surface area contributed by atoms with Crippen molar-refractivity contribution in [3.05, 3.63) is 36.2 Å². The molecule has 0 fully saturated rings. The number of aliphatic hydroxyl groups excluding tert-OH is 1. The Balaban J connectivity index is 2.25. The van der Waals surface area contributed by atoms with Gasteiger partial charge < -0.3 is 5.11 Å². The largest absolute Gasteiger partial charge is 0.394 e. The van der Waals surface area contributed by atoms with E-state index in [0.29, 0.717) is 6.54 Å². The lowest BCUT2D eigenvalue weighted by Crippen LogP contribution is -2.10. The van der Waals surface area contributed by atoms with Crippen molar-refractivity contribution in [1.29, 1.82) is 0 Å². The molecule has 5 nitrogen and oxygen atoms in total. The zero-order valence-electron chi connectivity index (χ0n) is 13.5. The van der Waals surface area contributed by atoms with Crippen molar-refractivity contribution in [2.45, 2.75) is 32.7 Å². The van der Waals surface area contributed by atoms with E-state index in [1.807, 2.05) is 24.1 Å². The monoisotopic (exact) mass is 298 g/mol. The average molecular weight is 298 g/mol. The number of rotatable bonds is 3. The first kappa shape index (κ1) is 14.8. The van der Waals surface area contributed by atoms with Gasteiger partial charge in [-0.15, -0.1) is 0 Å². The molecule has 3 rings (SSSR count). The van der Waals surface area contributed by atoms with Crippen molar-refractivity contribution in [2.24, 2.45) is 7.05 Å². The lowest BCUT2D eigenvalue weighted by atomic mass is 9.86. The number of nitrogens with zero attached hydrogens (tertiary/aromatic N) is 4. The second kappa shape index (κ2) is 5.25. The van der Waals surface area contributed by atoms with E-state index in [4.69, 9.17) is 0 Å². The molecule has 0 aliphatic carbocycles. The maximum Gasteiger partial charge on any atom is 0.103 e. The van der Waals surface area contributed by atoms with E-state index in [1.54, 1.807) is 4.68 Å². The zero-order valence-corrected chi connectivity index (χ0v) is 13.5. The maximum atomic E-state index is 9.27. The number of hydrogen-bond acceptors (Lipinski definition) is 3. The quantitative estimate of drug-likeness (QED) is 0.809. The van der Waals surface area contributed by atoms with Crippen LogP contribution in [0.5, 0.6) is 0 Å². The van der Waals surface area contributed by atoms with Gasteiger partial charge in [0.15, 0.2) is 0 Å². The number of hydrogen-bond donors (Lipinski definition) is 1. The highest BCUT2D eigenvalue weighted by Crippen LogP contribution is 2.32. The Hall–Kier alpha value is -2.14. The van der Waals surface area contributed by atoms with Gasteiger partial charge in [-0.25, -0.2) is 0 Å². The Morgan fingerprint density at radius 1 is 1.23 bits per heavy atom. The molecule has 0 aliphatic heterocycles. The van der Waals surface area contributed by atoms with Gasteiger partial charge in [-0.2, -0.15) is 10.2 Å². The number of aromatic nitrogens is 4. The van der Waals surface area contributed by atoms with E-state index in [-0.39, 0.29) is 12.0 Å². The molecule has 0 bridgehead atoms. The zero-order chi connectivity index (χ0) is 15.9. The van der Waals surface area contributed by atoms with E-state index < -0.39 is 0 Å².